The quantitative estimate of drug-likeness (QED) is 0.634. The Morgan fingerprint density at radius 1 is 0.929 bits per heavy atom. The maximum absolute atomic E-state index is 12.4. The predicted octanol–water partition coefficient (Wildman–Crippen LogP) is 3.65. The molecule has 3 N–H and O–H groups in total. The van der Waals surface area contributed by atoms with Crippen molar-refractivity contribution in [3.63, 3.8) is 0 Å². The van der Waals surface area contributed by atoms with Crippen LogP contribution in [0.25, 0.3) is 0 Å². The Labute approximate surface area is 163 Å². The van der Waals surface area contributed by atoms with Crippen LogP contribution >= 0.6 is 0 Å². The zero-order valence-corrected chi connectivity index (χ0v) is 16.0. The summed E-state index contributed by atoms with van der Waals surface area (Å²) in [6.45, 7) is 1.98. The van der Waals surface area contributed by atoms with Crippen molar-refractivity contribution in [3.8, 4) is 0 Å². The smallest absolute Gasteiger partial charge is 0.255 e. The Hall–Kier alpha value is -3.16. The van der Waals surface area contributed by atoms with Gasteiger partial charge in [-0.3, -0.25) is 4.79 Å². The van der Waals surface area contributed by atoms with Gasteiger partial charge in [-0.05, 0) is 48.9 Å². The molecule has 0 saturated heterocycles. The largest absolute Gasteiger partial charge is 0.364 e. The third kappa shape index (κ3) is 3.62. The van der Waals surface area contributed by atoms with Gasteiger partial charge >= 0.3 is 0 Å². The number of nitrogens with one attached hydrogen (secondary N) is 3. The van der Waals surface area contributed by atoms with Gasteiger partial charge in [0.15, 0.2) is 0 Å². The zero-order chi connectivity index (χ0) is 19.7. The fourth-order valence-electron chi connectivity index (χ4n) is 3.04. The van der Waals surface area contributed by atoms with Crippen molar-refractivity contribution in [2.24, 2.45) is 0 Å². The molecule has 0 aliphatic carbocycles. The molecule has 28 heavy (non-hydrogen) atoms. The highest BCUT2D eigenvalue weighted by molar-refractivity contribution is 7.89. The highest BCUT2D eigenvalue weighted by atomic mass is 32.2. The monoisotopic (exact) mass is 393 g/mol. The fraction of sp³-hybridized carbons (Fsp3) is 0.0952. The van der Waals surface area contributed by atoms with Crippen LogP contribution in [0.3, 0.4) is 0 Å². The number of carbonyl (C=O) groups is 1. The molecular formula is C21H19N3O3S. The van der Waals surface area contributed by atoms with Gasteiger partial charge < -0.3 is 10.6 Å². The molecule has 0 radical (unpaired) electrons. The SMILES string of the molecule is Cc1ccc(NC(=O)c2ccc([C@@H]3Nc4ccccc4S(=O)(=O)N3)cc2)cc1. The predicted molar refractivity (Wildman–Crippen MR) is 109 cm³/mol. The van der Waals surface area contributed by atoms with Crippen LogP contribution in [0.1, 0.15) is 27.7 Å². The molecule has 3 aromatic rings. The lowest BCUT2D eigenvalue weighted by atomic mass is 10.1. The Morgan fingerprint density at radius 2 is 1.61 bits per heavy atom. The summed E-state index contributed by atoms with van der Waals surface area (Å²) < 4.78 is 27.5. The molecule has 1 aliphatic heterocycles. The van der Waals surface area contributed by atoms with Gasteiger partial charge in [-0.1, -0.05) is 42.0 Å². The summed E-state index contributed by atoms with van der Waals surface area (Å²) in [6, 6.07) is 21.1. The molecule has 0 bridgehead atoms. The van der Waals surface area contributed by atoms with Gasteiger partial charge in [-0.25, -0.2) is 8.42 Å². The standard InChI is InChI=1S/C21H19N3O3S/c1-14-6-12-17(13-7-14)22-21(25)16-10-8-15(9-11-16)20-23-18-4-2-3-5-19(18)28(26,27)24-20/h2-13,20,23-24H,1H3,(H,22,25)/t20-/m1/s1. The first-order valence-corrected chi connectivity index (χ1v) is 10.3. The number of carbonyl (C=O) groups excluding carboxylic acids is 1. The van der Waals surface area contributed by atoms with E-state index in [0.29, 0.717) is 16.8 Å². The maximum Gasteiger partial charge on any atom is 0.255 e. The van der Waals surface area contributed by atoms with E-state index in [1.165, 1.54) is 0 Å². The van der Waals surface area contributed by atoms with Gasteiger partial charge in [-0.15, -0.1) is 0 Å². The van der Waals surface area contributed by atoms with E-state index in [-0.39, 0.29) is 10.8 Å². The van der Waals surface area contributed by atoms with Crippen molar-refractivity contribution in [2.45, 2.75) is 18.0 Å². The Morgan fingerprint density at radius 3 is 2.32 bits per heavy atom. The molecule has 1 heterocycles. The lowest BCUT2D eigenvalue weighted by Crippen LogP contribution is -2.38. The molecule has 4 rings (SSSR count). The highest BCUT2D eigenvalue weighted by Crippen LogP contribution is 2.30. The molecule has 1 aliphatic rings. The van der Waals surface area contributed by atoms with E-state index in [9.17, 15) is 13.2 Å². The van der Waals surface area contributed by atoms with Crippen LogP contribution in [0, 0.1) is 6.92 Å². The fourth-order valence-corrected chi connectivity index (χ4v) is 4.35. The molecule has 0 fully saturated rings. The number of hydrogen-bond donors (Lipinski definition) is 3. The van der Waals surface area contributed by atoms with Crippen molar-refractivity contribution in [1.29, 1.82) is 0 Å². The second-order valence-corrected chi connectivity index (χ2v) is 8.32. The van der Waals surface area contributed by atoms with Crippen LogP contribution in [0.2, 0.25) is 0 Å². The normalized spacial score (nSPS) is 17.2. The first kappa shape index (κ1) is 18.2. The van der Waals surface area contributed by atoms with E-state index < -0.39 is 16.2 Å². The van der Waals surface area contributed by atoms with E-state index in [2.05, 4.69) is 15.4 Å². The molecule has 0 unspecified atom stereocenters. The van der Waals surface area contributed by atoms with Gasteiger partial charge in [0.25, 0.3) is 5.91 Å². The first-order chi connectivity index (χ1) is 13.4. The number of rotatable bonds is 3. The molecule has 142 valence electrons. The second-order valence-electron chi connectivity index (χ2n) is 6.64. The molecular weight excluding hydrogens is 374 g/mol. The van der Waals surface area contributed by atoms with Crippen LogP contribution in [0.5, 0.6) is 0 Å². The van der Waals surface area contributed by atoms with Crippen molar-refractivity contribution in [3.05, 3.63) is 89.5 Å². The maximum atomic E-state index is 12.4. The Kier molecular flexibility index (Phi) is 4.62. The molecule has 0 spiro atoms. The number of amides is 1. The minimum Gasteiger partial charge on any atom is -0.364 e. The van der Waals surface area contributed by atoms with Crippen LogP contribution in [0.4, 0.5) is 11.4 Å². The van der Waals surface area contributed by atoms with Crippen molar-refractivity contribution >= 4 is 27.3 Å². The summed E-state index contributed by atoms with van der Waals surface area (Å²) in [6.07, 6.45) is -0.603. The number of fused-ring (bicyclic) bond motifs is 1. The van der Waals surface area contributed by atoms with E-state index in [4.69, 9.17) is 0 Å². The zero-order valence-electron chi connectivity index (χ0n) is 15.1. The van der Waals surface area contributed by atoms with Crippen LogP contribution in [-0.2, 0) is 10.0 Å². The molecule has 0 aromatic heterocycles. The van der Waals surface area contributed by atoms with Crippen molar-refractivity contribution < 1.29 is 13.2 Å². The summed E-state index contributed by atoms with van der Waals surface area (Å²) >= 11 is 0. The third-order valence-electron chi connectivity index (χ3n) is 4.57. The van der Waals surface area contributed by atoms with E-state index in [0.717, 1.165) is 11.3 Å². The molecule has 6 nitrogen and oxygen atoms in total. The molecule has 0 saturated carbocycles. The summed E-state index contributed by atoms with van der Waals surface area (Å²) in [5.41, 5.74) is 3.59. The minimum atomic E-state index is -3.60. The van der Waals surface area contributed by atoms with Gasteiger partial charge in [0.1, 0.15) is 11.1 Å². The first-order valence-electron chi connectivity index (χ1n) is 8.78. The molecule has 1 amide bonds. The highest BCUT2D eigenvalue weighted by Gasteiger charge is 2.29. The second kappa shape index (κ2) is 7.10. The molecule has 1 atom stereocenters. The Balaban J connectivity index is 1.52. The topological polar surface area (TPSA) is 87.3 Å². The van der Waals surface area contributed by atoms with E-state index in [1.54, 1.807) is 48.5 Å². The van der Waals surface area contributed by atoms with Gasteiger partial charge in [0.2, 0.25) is 10.0 Å². The lowest BCUT2D eigenvalue weighted by molar-refractivity contribution is 0.102. The number of para-hydroxylation sites is 1. The van der Waals surface area contributed by atoms with E-state index >= 15 is 0 Å². The number of sulfonamides is 1. The van der Waals surface area contributed by atoms with E-state index in [1.807, 2.05) is 31.2 Å². The summed E-state index contributed by atoms with van der Waals surface area (Å²) in [7, 11) is -3.60. The average Bonchev–Trinajstić information content (AvgIpc) is 2.69. The summed E-state index contributed by atoms with van der Waals surface area (Å²) in [5.74, 6) is -0.224. The Bertz CT molecular complexity index is 1120. The van der Waals surface area contributed by atoms with Crippen LogP contribution in [0.15, 0.2) is 77.7 Å². The minimum absolute atomic E-state index is 0.223. The van der Waals surface area contributed by atoms with Crippen LogP contribution in [-0.4, -0.2) is 14.3 Å². The van der Waals surface area contributed by atoms with Crippen molar-refractivity contribution in [1.82, 2.24) is 4.72 Å². The molecule has 7 heteroatoms. The molecule has 3 aromatic carbocycles. The summed E-state index contributed by atoms with van der Waals surface area (Å²) in [4.78, 5) is 12.6. The number of aryl methyl sites for hydroxylation is 1. The third-order valence-corrected chi connectivity index (χ3v) is 6.05. The van der Waals surface area contributed by atoms with Gasteiger partial charge in [-0.2, -0.15) is 4.72 Å². The number of hydrogen-bond acceptors (Lipinski definition) is 4. The van der Waals surface area contributed by atoms with Gasteiger partial charge in [0.05, 0.1) is 5.69 Å². The number of anilines is 2. The summed E-state index contributed by atoms with van der Waals surface area (Å²) in [5, 5.41) is 6.02. The van der Waals surface area contributed by atoms with Crippen molar-refractivity contribution in [2.75, 3.05) is 10.6 Å². The average molecular weight is 393 g/mol. The van der Waals surface area contributed by atoms with Crippen LogP contribution < -0.4 is 15.4 Å². The number of benzene rings is 3. The van der Waals surface area contributed by atoms with Gasteiger partial charge in [0, 0.05) is 11.3 Å². The lowest BCUT2D eigenvalue weighted by Gasteiger charge is -2.28.